The van der Waals surface area contributed by atoms with E-state index in [2.05, 4.69) is 43.5 Å². The topological polar surface area (TPSA) is 57.3 Å². The molecule has 1 aliphatic rings. The highest BCUT2D eigenvalue weighted by atomic mass is 16.2. The number of rotatable bonds is 5. The van der Waals surface area contributed by atoms with Gasteiger partial charge < -0.3 is 15.5 Å². The second kappa shape index (κ2) is 7.99. The number of carbonyl (C=O) groups is 1. The quantitative estimate of drug-likeness (QED) is 0.832. The van der Waals surface area contributed by atoms with Crippen molar-refractivity contribution in [2.24, 2.45) is 5.41 Å². The van der Waals surface area contributed by atoms with Crippen LogP contribution in [0, 0.1) is 5.41 Å². The molecular formula is C22H30N4O. The van der Waals surface area contributed by atoms with Crippen LogP contribution < -0.4 is 10.6 Å². The zero-order chi connectivity index (χ0) is 19.4. The lowest BCUT2D eigenvalue weighted by molar-refractivity contribution is 0.0790. The van der Waals surface area contributed by atoms with E-state index in [0.29, 0.717) is 0 Å². The summed E-state index contributed by atoms with van der Waals surface area (Å²) in [7, 11) is 1.90. The largest absolute Gasteiger partial charge is 0.382 e. The predicted molar refractivity (Wildman–Crippen MR) is 111 cm³/mol. The van der Waals surface area contributed by atoms with Crippen LogP contribution in [0.15, 0.2) is 42.5 Å². The summed E-state index contributed by atoms with van der Waals surface area (Å²) in [6.45, 7) is 9.00. The molecular weight excluding hydrogens is 336 g/mol. The Morgan fingerprint density at radius 2 is 1.93 bits per heavy atom. The van der Waals surface area contributed by atoms with Crippen molar-refractivity contribution in [3.8, 4) is 0 Å². The number of nitrogens with one attached hydrogen (secondary N) is 2. The fraction of sp³-hybridized carbons (Fsp3) is 0.455. The van der Waals surface area contributed by atoms with Gasteiger partial charge >= 0.3 is 0 Å². The Hall–Kier alpha value is -2.56. The SMILES string of the molecule is CNc1nc(C2CCN(C(=O)c3ccccc3)C2)ccc1NCC(C)(C)C. The first kappa shape index (κ1) is 19.2. The standard InChI is InChI=1S/C22H30N4O/c1-22(2,3)15-24-19-11-10-18(25-20(19)23-4)17-12-13-26(14-17)21(27)16-8-6-5-7-9-16/h5-11,17,24H,12-15H2,1-4H3,(H,23,25). The van der Waals surface area contributed by atoms with Crippen molar-refractivity contribution < 1.29 is 4.79 Å². The molecule has 1 unspecified atom stereocenters. The van der Waals surface area contributed by atoms with E-state index in [-0.39, 0.29) is 17.2 Å². The molecule has 2 N–H and O–H groups in total. The van der Waals surface area contributed by atoms with Crippen LogP contribution in [0.5, 0.6) is 0 Å². The maximum Gasteiger partial charge on any atom is 0.253 e. The van der Waals surface area contributed by atoms with Gasteiger partial charge in [0, 0.05) is 43.9 Å². The van der Waals surface area contributed by atoms with Gasteiger partial charge in [0.15, 0.2) is 0 Å². The minimum atomic E-state index is 0.107. The third-order valence-corrected chi connectivity index (χ3v) is 4.88. The van der Waals surface area contributed by atoms with Gasteiger partial charge in [-0.3, -0.25) is 4.79 Å². The molecule has 3 rings (SSSR count). The third kappa shape index (κ3) is 4.79. The highest BCUT2D eigenvalue weighted by molar-refractivity contribution is 5.94. The molecule has 5 nitrogen and oxygen atoms in total. The smallest absolute Gasteiger partial charge is 0.253 e. The fourth-order valence-electron chi connectivity index (χ4n) is 3.34. The number of aromatic nitrogens is 1. The monoisotopic (exact) mass is 366 g/mol. The number of hydrogen-bond donors (Lipinski definition) is 2. The Morgan fingerprint density at radius 1 is 1.19 bits per heavy atom. The molecule has 0 aliphatic carbocycles. The number of amides is 1. The summed E-state index contributed by atoms with van der Waals surface area (Å²) in [6.07, 6.45) is 0.948. The van der Waals surface area contributed by atoms with Crippen LogP contribution in [0.1, 0.15) is 49.2 Å². The molecule has 1 amide bonds. The van der Waals surface area contributed by atoms with Gasteiger partial charge in [0.05, 0.1) is 5.69 Å². The molecule has 1 aromatic carbocycles. The molecule has 0 saturated carbocycles. The van der Waals surface area contributed by atoms with Gasteiger partial charge in [-0.2, -0.15) is 0 Å². The van der Waals surface area contributed by atoms with E-state index in [9.17, 15) is 4.79 Å². The summed E-state index contributed by atoms with van der Waals surface area (Å²) in [5, 5.41) is 6.68. The van der Waals surface area contributed by atoms with Crippen LogP contribution in [0.2, 0.25) is 0 Å². The molecule has 2 aromatic rings. The first-order valence-corrected chi connectivity index (χ1v) is 9.64. The van der Waals surface area contributed by atoms with Gasteiger partial charge in [0.25, 0.3) is 5.91 Å². The van der Waals surface area contributed by atoms with Gasteiger partial charge in [0.2, 0.25) is 0 Å². The lowest BCUT2D eigenvalue weighted by atomic mass is 9.97. The van der Waals surface area contributed by atoms with E-state index >= 15 is 0 Å². The summed E-state index contributed by atoms with van der Waals surface area (Å²) in [4.78, 5) is 19.4. The van der Waals surface area contributed by atoms with Crippen molar-refractivity contribution in [3.05, 3.63) is 53.7 Å². The van der Waals surface area contributed by atoms with Crippen molar-refractivity contribution in [3.63, 3.8) is 0 Å². The maximum atomic E-state index is 12.7. The number of nitrogens with zero attached hydrogens (tertiary/aromatic N) is 2. The van der Waals surface area contributed by atoms with Gasteiger partial charge in [-0.05, 0) is 36.1 Å². The number of hydrogen-bond acceptors (Lipinski definition) is 4. The number of likely N-dealkylation sites (tertiary alicyclic amines) is 1. The fourth-order valence-corrected chi connectivity index (χ4v) is 3.34. The summed E-state index contributed by atoms with van der Waals surface area (Å²) in [5.74, 6) is 1.25. The van der Waals surface area contributed by atoms with Crippen LogP contribution in [0.3, 0.4) is 0 Å². The zero-order valence-electron chi connectivity index (χ0n) is 16.7. The summed E-state index contributed by atoms with van der Waals surface area (Å²) in [6, 6.07) is 13.7. The zero-order valence-corrected chi connectivity index (χ0v) is 16.7. The molecule has 144 valence electrons. The second-order valence-electron chi connectivity index (χ2n) is 8.40. The molecule has 5 heteroatoms. The molecule has 1 aliphatic heterocycles. The van der Waals surface area contributed by atoms with Gasteiger partial charge in [-0.25, -0.2) is 4.98 Å². The van der Waals surface area contributed by atoms with Crippen molar-refractivity contribution in [1.82, 2.24) is 9.88 Å². The van der Waals surface area contributed by atoms with Crippen LogP contribution >= 0.6 is 0 Å². The van der Waals surface area contributed by atoms with Gasteiger partial charge in [-0.15, -0.1) is 0 Å². The average Bonchev–Trinajstić information content (AvgIpc) is 3.16. The van der Waals surface area contributed by atoms with E-state index in [0.717, 1.165) is 48.8 Å². The summed E-state index contributed by atoms with van der Waals surface area (Å²) in [5.41, 5.74) is 3.02. The van der Waals surface area contributed by atoms with Crippen LogP contribution in [0.4, 0.5) is 11.5 Å². The Morgan fingerprint density at radius 3 is 2.59 bits per heavy atom. The number of carbonyl (C=O) groups excluding carboxylic acids is 1. The van der Waals surface area contributed by atoms with Crippen LogP contribution in [-0.4, -0.2) is 42.5 Å². The first-order chi connectivity index (χ1) is 12.9. The lowest BCUT2D eigenvalue weighted by Crippen LogP contribution is -2.28. The predicted octanol–water partition coefficient (Wildman–Crippen LogP) is 4.21. The van der Waals surface area contributed by atoms with E-state index in [1.165, 1.54) is 0 Å². The second-order valence-corrected chi connectivity index (χ2v) is 8.40. The van der Waals surface area contributed by atoms with Crippen molar-refractivity contribution in [2.45, 2.75) is 33.1 Å². The number of pyridine rings is 1. The van der Waals surface area contributed by atoms with E-state index in [1.807, 2.05) is 42.3 Å². The summed E-state index contributed by atoms with van der Waals surface area (Å²) < 4.78 is 0. The summed E-state index contributed by atoms with van der Waals surface area (Å²) >= 11 is 0. The van der Waals surface area contributed by atoms with E-state index in [1.54, 1.807) is 0 Å². The minimum absolute atomic E-state index is 0.107. The number of benzene rings is 1. The highest BCUT2D eigenvalue weighted by Crippen LogP contribution is 2.30. The Labute approximate surface area is 162 Å². The normalized spacial score (nSPS) is 17.0. The molecule has 0 spiro atoms. The Balaban J connectivity index is 1.69. The molecule has 2 heterocycles. The maximum absolute atomic E-state index is 12.7. The third-order valence-electron chi connectivity index (χ3n) is 4.88. The molecule has 0 radical (unpaired) electrons. The average molecular weight is 367 g/mol. The van der Waals surface area contributed by atoms with Gasteiger partial charge in [0.1, 0.15) is 5.82 Å². The van der Waals surface area contributed by atoms with Crippen LogP contribution in [-0.2, 0) is 0 Å². The van der Waals surface area contributed by atoms with Crippen LogP contribution in [0.25, 0.3) is 0 Å². The van der Waals surface area contributed by atoms with Crippen molar-refractivity contribution in [2.75, 3.05) is 37.3 Å². The highest BCUT2D eigenvalue weighted by Gasteiger charge is 2.29. The van der Waals surface area contributed by atoms with E-state index < -0.39 is 0 Å². The van der Waals surface area contributed by atoms with Crippen molar-refractivity contribution >= 4 is 17.4 Å². The Kier molecular flexibility index (Phi) is 5.68. The molecule has 1 fully saturated rings. The van der Waals surface area contributed by atoms with Gasteiger partial charge in [-0.1, -0.05) is 39.0 Å². The molecule has 1 saturated heterocycles. The molecule has 27 heavy (non-hydrogen) atoms. The first-order valence-electron chi connectivity index (χ1n) is 9.64. The molecule has 0 bridgehead atoms. The Bertz CT molecular complexity index is 783. The van der Waals surface area contributed by atoms with E-state index in [4.69, 9.17) is 4.98 Å². The minimum Gasteiger partial charge on any atom is -0.382 e. The number of anilines is 2. The molecule has 1 aromatic heterocycles. The lowest BCUT2D eigenvalue weighted by Gasteiger charge is -2.21. The van der Waals surface area contributed by atoms with Crippen molar-refractivity contribution in [1.29, 1.82) is 0 Å². The molecule has 1 atom stereocenters.